The molecule has 1 spiro atoms. The van der Waals surface area contributed by atoms with Crippen molar-refractivity contribution in [3.05, 3.63) is 0 Å². The van der Waals surface area contributed by atoms with Gasteiger partial charge in [-0.25, -0.2) is 13.1 Å². The molecule has 0 aromatic rings. The maximum absolute atomic E-state index is 11.5. The van der Waals surface area contributed by atoms with Crippen LogP contribution in [0.15, 0.2) is 0 Å². The molecule has 1 saturated heterocycles. The average molecular weight is 243 g/mol. The van der Waals surface area contributed by atoms with E-state index in [-0.39, 0.29) is 11.6 Å². The molecule has 1 aliphatic carbocycles. The molecule has 16 heavy (non-hydrogen) atoms. The van der Waals surface area contributed by atoms with Gasteiger partial charge in [0, 0.05) is 11.6 Å². The van der Waals surface area contributed by atoms with E-state index in [0.29, 0.717) is 0 Å². The molecule has 1 saturated carbocycles. The summed E-state index contributed by atoms with van der Waals surface area (Å²) in [4.78, 5) is 0. The third kappa shape index (κ3) is 2.54. The first kappa shape index (κ1) is 11.8. The van der Waals surface area contributed by atoms with Gasteiger partial charge in [0.1, 0.15) is 0 Å². The maximum Gasteiger partial charge on any atom is 0.225 e. The van der Waals surface area contributed by atoms with Gasteiger partial charge in [0.05, 0.1) is 6.07 Å². The van der Waals surface area contributed by atoms with Crippen LogP contribution in [0.1, 0.15) is 32.1 Å². The lowest BCUT2D eigenvalue weighted by atomic mass is 9.70. The molecule has 6 heteroatoms. The van der Waals surface area contributed by atoms with Crippen LogP contribution >= 0.6 is 0 Å². The van der Waals surface area contributed by atoms with Crippen molar-refractivity contribution in [2.75, 3.05) is 12.3 Å². The van der Waals surface area contributed by atoms with Gasteiger partial charge in [0.15, 0.2) is 5.75 Å². The Morgan fingerprint density at radius 3 is 2.81 bits per heavy atom. The minimum Gasteiger partial charge on any atom is -0.311 e. The van der Waals surface area contributed by atoms with Crippen LogP contribution in [-0.2, 0) is 10.0 Å². The topological polar surface area (TPSA) is 82.0 Å². The van der Waals surface area contributed by atoms with Crippen LogP contribution in [0, 0.1) is 11.3 Å². The van der Waals surface area contributed by atoms with Gasteiger partial charge >= 0.3 is 0 Å². The van der Waals surface area contributed by atoms with Crippen molar-refractivity contribution < 1.29 is 8.42 Å². The molecule has 5 nitrogen and oxygen atoms in total. The van der Waals surface area contributed by atoms with Gasteiger partial charge in [0.2, 0.25) is 10.0 Å². The Labute approximate surface area is 96.3 Å². The molecule has 0 aromatic carbocycles. The predicted octanol–water partition coefficient (Wildman–Crippen LogP) is 0.104. The minimum absolute atomic E-state index is 0.0000926. The van der Waals surface area contributed by atoms with Crippen LogP contribution in [0.2, 0.25) is 0 Å². The molecule has 2 rings (SSSR count). The van der Waals surface area contributed by atoms with E-state index in [1.54, 1.807) is 6.07 Å². The molecule has 0 aromatic heterocycles. The Balaban J connectivity index is 1.93. The van der Waals surface area contributed by atoms with Crippen LogP contribution < -0.4 is 10.0 Å². The summed E-state index contributed by atoms with van der Waals surface area (Å²) in [5, 5.41) is 11.9. The van der Waals surface area contributed by atoms with E-state index >= 15 is 0 Å². The zero-order chi connectivity index (χ0) is 11.6. The summed E-state index contributed by atoms with van der Waals surface area (Å²) in [6.07, 6.45) is 5.18. The second-order valence-electron chi connectivity index (χ2n) is 4.79. The van der Waals surface area contributed by atoms with Gasteiger partial charge in [-0.1, -0.05) is 0 Å². The number of nitrogens with one attached hydrogen (secondary N) is 2. The lowest BCUT2D eigenvalue weighted by molar-refractivity contribution is 0.126. The summed E-state index contributed by atoms with van der Waals surface area (Å²) in [6, 6.07) is 1.68. The van der Waals surface area contributed by atoms with Crippen LogP contribution in [0.25, 0.3) is 0 Å². The highest BCUT2D eigenvalue weighted by Crippen LogP contribution is 2.38. The summed E-state index contributed by atoms with van der Waals surface area (Å²) in [7, 11) is -3.40. The van der Waals surface area contributed by atoms with Crippen molar-refractivity contribution in [3.63, 3.8) is 0 Å². The van der Waals surface area contributed by atoms with Gasteiger partial charge in [-0.15, -0.1) is 0 Å². The zero-order valence-electron chi connectivity index (χ0n) is 9.20. The van der Waals surface area contributed by atoms with Crippen LogP contribution in [0.3, 0.4) is 0 Å². The Morgan fingerprint density at radius 1 is 1.50 bits per heavy atom. The smallest absolute Gasteiger partial charge is 0.225 e. The fourth-order valence-corrected chi connectivity index (χ4v) is 3.59. The first-order valence-electron chi connectivity index (χ1n) is 5.67. The quantitative estimate of drug-likeness (QED) is 0.737. The maximum atomic E-state index is 11.5. The number of hydrogen-bond acceptors (Lipinski definition) is 4. The molecule has 0 radical (unpaired) electrons. The summed E-state index contributed by atoms with van der Waals surface area (Å²) in [5.41, 5.74) is 0.179. The van der Waals surface area contributed by atoms with Crippen LogP contribution in [0.5, 0.6) is 0 Å². The highest BCUT2D eigenvalue weighted by molar-refractivity contribution is 7.89. The molecule has 0 bridgehead atoms. The first-order chi connectivity index (χ1) is 7.55. The van der Waals surface area contributed by atoms with Crippen molar-refractivity contribution in [1.82, 2.24) is 10.0 Å². The minimum atomic E-state index is -3.40. The highest BCUT2D eigenvalue weighted by Gasteiger charge is 2.41. The van der Waals surface area contributed by atoms with E-state index in [0.717, 1.165) is 32.2 Å². The van der Waals surface area contributed by atoms with E-state index in [2.05, 4.69) is 10.0 Å². The normalized spacial score (nSPS) is 28.3. The SMILES string of the molecule is N#CCS(=O)(=O)NC1CCNC2(CCC2)C1. The lowest BCUT2D eigenvalue weighted by Crippen LogP contribution is -2.59. The first-order valence-corrected chi connectivity index (χ1v) is 7.32. The summed E-state index contributed by atoms with van der Waals surface area (Å²) in [5.74, 6) is -0.441. The Kier molecular flexibility index (Phi) is 3.19. The van der Waals surface area contributed by atoms with E-state index < -0.39 is 15.8 Å². The van der Waals surface area contributed by atoms with Crippen molar-refractivity contribution in [2.24, 2.45) is 0 Å². The van der Waals surface area contributed by atoms with Gasteiger partial charge in [0.25, 0.3) is 0 Å². The summed E-state index contributed by atoms with van der Waals surface area (Å²) in [6.45, 7) is 0.861. The predicted molar refractivity (Wildman–Crippen MR) is 60.1 cm³/mol. The molecule has 1 atom stereocenters. The third-order valence-electron chi connectivity index (χ3n) is 3.54. The molecule has 1 unspecified atom stereocenters. The van der Waals surface area contributed by atoms with Crippen LogP contribution in [0.4, 0.5) is 0 Å². The zero-order valence-corrected chi connectivity index (χ0v) is 10.0. The van der Waals surface area contributed by atoms with E-state index in [4.69, 9.17) is 5.26 Å². The van der Waals surface area contributed by atoms with Crippen molar-refractivity contribution in [2.45, 2.75) is 43.7 Å². The lowest BCUT2D eigenvalue weighted by Gasteiger charge is -2.48. The Bertz CT molecular complexity index is 395. The summed E-state index contributed by atoms with van der Waals surface area (Å²) < 4.78 is 25.6. The molecule has 2 aliphatic rings. The highest BCUT2D eigenvalue weighted by atomic mass is 32.2. The average Bonchev–Trinajstić information content (AvgIpc) is 2.14. The second-order valence-corrected chi connectivity index (χ2v) is 6.54. The number of piperidine rings is 1. The fraction of sp³-hybridized carbons (Fsp3) is 0.900. The van der Waals surface area contributed by atoms with Gasteiger partial charge in [-0.05, 0) is 38.6 Å². The number of nitriles is 1. The van der Waals surface area contributed by atoms with E-state index in [1.807, 2.05) is 0 Å². The molecular formula is C10H17N3O2S. The van der Waals surface area contributed by atoms with Crippen LogP contribution in [-0.4, -0.2) is 32.3 Å². The standard InChI is InChI=1S/C10H17N3O2S/c11-5-7-16(14,15)13-9-2-6-12-10(8-9)3-1-4-10/h9,12-13H,1-4,6-8H2. The summed E-state index contributed by atoms with van der Waals surface area (Å²) >= 11 is 0. The monoisotopic (exact) mass is 243 g/mol. The van der Waals surface area contributed by atoms with E-state index in [1.165, 1.54) is 6.42 Å². The molecule has 90 valence electrons. The third-order valence-corrected chi connectivity index (χ3v) is 4.74. The largest absolute Gasteiger partial charge is 0.311 e. The molecule has 2 N–H and O–H groups in total. The number of nitrogens with zero attached hydrogens (tertiary/aromatic N) is 1. The molecule has 1 heterocycles. The number of sulfonamides is 1. The second kappa shape index (κ2) is 4.32. The van der Waals surface area contributed by atoms with Gasteiger partial charge < -0.3 is 5.32 Å². The van der Waals surface area contributed by atoms with Gasteiger partial charge in [-0.2, -0.15) is 5.26 Å². The number of hydrogen-bond donors (Lipinski definition) is 2. The Morgan fingerprint density at radius 2 is 2.25 bits per heavy atom. The van der Waals surface area contributed by atoms with Crippen molar-refractivity contribution >= 4 is 10.0 Å². The Hall–Kier alpha value is -0.640. The van der Waals surface area contributed by atoms with Crippen molar-refractivity contribution in [3.8, 4) is 6.07 Å². The van der Waals surface area contributed by atoms with E-state index in [9.17, 15) is 8.42 Å². The molecular weight excluding hydrogens is 226 g/mol. The van der Waals surface area contributed by atoms with Crippen molar-refractivity contribution in [1.29, 1.82) is 5.26 Å². The molecule has 1 aliphatic heterocycles. The fourth-order valence-electron chi connectivity index (χ4n) is 2.62. The molecule has 0 amide bonds. The molecule has 2 fully saturated rings. The van der Waals surface area contributed by atoms with Gasteiger partial charge in [-0.3, -0.25) is 0 Å². The number of rotatable bonds is 3.